The van der Waals surface area contributed by atoms with E-state index in [9.17, 15) is 9.59 Å². The van der Waals surface area contributed by atoms with E-state index >= 15 is 0 Å². The maximum atomic E-state index is 12.7. The van der Waals surface area contributed by atoms with Crippen molar-refractivity contribution < 1.29 is 14.3 Å². The molecule has 1 saturated heterocycles. The zero-order valence-corrected chi connectivity index (χ0v) is 13.8. The van der Waals surface area contributed by atoms with Crippen molar-refractivity contribution in [1.29, 1.82) is 0 Å². The van der Waals surface area contributed by atoms with Crippen LogP contribution in [0.5, 0.6) is 5.75 Å². The van der Waals surface area contributed by atoms with Gasteiger partial charge in [-0.2, -0.15) is 0 Å². The van der Waals surface area contributed by atoms with Crippen LogP contribution < -0.4 is 4.74 Å². The van der Waals surface area contributed by atoms with Gasteiger partial charge < -0.3 is 9.64 Å². The monoisotopic (exact) mass is 315 g/mol. The fourth-order valence-corrected chi connectivity index (χ4v) is 3.81. The summed E-state index contributed by atoms with van der Waals surface area (Å²) in [5, 5.41) is 0. The summed E-state index contributed by atoms with van der Waals surface area (Å²) in [7, 11) is 1.65. The Morgan fingerprint density at radius 1 is 1.30 bits per heavy atom. The number of hydrogen-bond acceptors (Lipinski definition) is 3. The lowest BCUT2D eigenvalue weighted by molar-refractivity contribution is -0.130. The summed E-state index contributed by atoms with van der Waals surface area (Å²) >= 11 is 0. The predicted molar refractivity (Wildman–Crippen MR) is 88.8 cm³/mol. The highest BCUT2D eigenvalue weighted by molar-refractivity contribution is 6.00. The summed E-state index contributed by atoms with van der Waals surface area (Å²) in [5.41, 5.74) is 1.86. The third kappa shape index (κ3) is 3.41. The van der Waals surface area contributed by atoms with Gasteiger partial charge in [0.25, 0.3) is 0 Å². The molecule has 2 aliphatic rings. The van der Waals surface area contributed by atoms with Crippen LogP contribution in [-0.2, 0) is 11.2 Å². The molecule has 3 rings (SSSR count). The molecule has 1 aliphatic carbocycles. The Morgan fingerprint density at radius 2 is 2.09 bits per heavy atom. The number of methoxy groups -OCH3 is 1. The van der Waals surface area contributed by atoms with Gasteiger partial charge in [0.1, 0.15) is 5.75 Å². The van der Waals surface area contributed by atoms with Crippen molar-refractivity contribution in [3.05, 3.63) is 29.3 Å². The van der Waals surface area contributed by atoms with E-state index in [0.29, 0.717) is 6.42 Å². The van der Waals surface area contributed by atoms with Crippen molar-refractivity contribution in [3.8, 4) is 5.75 Å². The molecular weight excluding hydrogens is 290 g/mol. The van der Waals surface area contributed by atoms with Crippen LogP contribution in [0, 0.1) is 5.92 Å². The summed E-state index contributed by atoms with van der Waals surface area (Å²) in [4.78, 5) is 26.7. The Kier molecular flexibility index (Phi) is 4.99. The number of rotatable bonds is 5. The highest BCUT2D eigenvalue weighted by Crippen LogP contribution is 2.34. The first-order valence-electron chi connectivity index (χ1n) is 8.68. The van der Waals surface area contributed by atoms with Crippen molar-refractivity contribution in [2.45, 2.75) is 44.9 Å². The van der Waals surface area contributed by atoms with E-state index in [1.54, 1.807) is 7.11 Å². The Hall–Kier alpha value is -1.84. The molecule has 4 heteroatoms. The van der Waals surface area contributed by atoms with Crippen LogP contribution in [-0.4, -0.2) is 36.8 Å². The topological polar surface area (TPSA) is 46.6 Å². The minimum Gasteiger partial charge on any atom is -0.496 e. The van der Waals surface area contributed by atoms with Crippen molar-refractivity contribution in [2.24, 2.45) is 5.92 Å². The fraction of sp³-hybridized carbons (Fsp3) is 0.579. The minimum absolute atomic E-state index is 0.0565. The molecule has 23 heavy (non-hydrogen) atoms. The Bertz CT molecular complexity index is 590. The van der Waals surface area contributed by atoms with E-state index in [1.165, 1.54) is 0 Å². The van der Waals surface area contributed by atoms with Gasteiger partial charge in [0.2, 0.25) is 5.91 Å². The number of ether oxygens (including phenoxy) is 1. The first-order valence-corrected chi connectivity index (χ1v) is 8.68. The van der Waals surface area contributed by atoms with Gasteiger partial charge in [0, 0.05) is 36.6 Å². The lowest BCUT2D eigenvalue weighted by atomic mass is 9.80. The predicted octanol–water partition coefficient (Wildman–Crippen LogP) is 3.23. The average molecular weight is 315 g/mol. The maximum Gasteiger partial charge on any atom is 0.222 e. The fourth-order valence-electron chi connectivity index (χ4n) is 3.81. The van der Waals surface area contributed by atoms with Crippen LogP contribution in [0.3, 0.4) is 0 Å². The molecule has 0 saturated carbocycles. The van der Waals surface area contributed by atoms with Gasteiger partial charge in [-0.15, -0.1) is 0 Å². The quantitative estimate of drug-likeness (QED) is 0.838. The van der Waals surface area contributed by atoms with Gasteiger partial charge in [-0.1, -0.05) is 12.1 Å². The largest absolute Gasteiger partial charge is 0.496 e. The van der Waals surface area contributed by atoms with Crippen LogP contribution in [0.4, 0.5) is 0 Å². The molecular formula is C19H25NO3. The number of nitrogens with zero attached hydrogens (tertiary/aromatic N) is 1. The molecule has 1 fully saturated rings. The van der Waals surface area contributed by atoms with Gasteiger partial charge in [-0.3, -0.25) is 9.59 Å². The SMILES string of the molecule is COc1cccc2c1CCC(CCCC(=O)N1CCCC1)C2=O. The Morgan fingerprint density at radius 3 is 2.83 bits per heavy atom. The molecule has 0 radical (unpaired) electrons. The number of amides is 1. The molecule has 124 valence electrons. The number of ketones is 1. The molecule has 1 aromatic carbocycles. The highest BCUT2D eigenvalue weighted by Gasteiger charge is 2.29. The molecule has 1 atom stereocenters. The zero-order valence-electron chi connectivity index (χ0n) is 13.8. The van der Waals surface area contributed by atoms with Crippen molar-refractivity contribution in [3.63, 3.8) is 0 Å². The normalized spacial score (nSPS) is 20.5. The molecule has 1 unspecified atom stereocenters. The van der Waals surface area contributed by atoms with E-state index in [-0.39, 0.29) is 17.6 Å². The third-order valence-electron chi connectivity index (χ3n) is 5.13. The Balaban J connectivity index is 1.55. The summed E-state index contributed by atoms with van der Waals surface area (Å²) in [6, 6.07) is 5.71. The second kappa shape index (κ2) is 7.16. The standard InChI is InChI=1S/C19H25NO3/c1-23-17-8-5-7-16-15(17)11-10-14(19(16)22)6-4-9-18(21)20-12-2-3-13-20/h5,7-8,14H,2-4,6,9-13H2,1H3. The summed E-state index contributed by atoms with van der Waals surface area (Å²) < 4.78 is 5.36. The number of hydrogen-bond donors (Lipinski definition) is 0. The number of carbonyl (C=O) groups excluding carboxylic acids is 2. The lowest BCUT2D eigenvalue weighted by Crippen LogP contribution is -2.28. The zero-order chi connectivity index (χ0) is 16.2. The van der Waals surface area contributed by atoms with Crippen LogP contribution in [0.2, 0.25) is 0 Å². The molecule has 0 bridgehead atoms. The van der Waals surface area contributed by atoms with E-state index in [2.05, 4.69) is 0 Å². The second-order valence-corrected chi connectivity index (χ2v) is 6.57. The van der Waals surface area contributed by atoms with Gasteiger partial charge >= 0.3 is 0 Å². The van der Waals surface area contributed by atoms with E-state index < -0.39 is 0 Å². The van der Waals surface area contributed by atoms with Crippen molar-refractivity contribution in [1.82, 2.24) is 4.90 Å². The number of likely N-dealkylation sites (tertiary alicyclic amines) is 1. The van der Waals surface area contributed by atoms with Crippen LogP contribution >= 0.6 is 0 Å². The van der Waals surface area contributed by atoms with Gasteiger partial charge in [0.15, 0.2) is 5.78 Å². The maximum absolute atomic E-state index is 12.7. The van der Waals surface area contributed by atoms with Crippen LogP contribution in [0.1, 0.15) is 54.4 Å². The molecule has 0 spiro atoms. The van der Waals surface area contributed by atoms with E-state index in [1.807, 2.05) is 23.1 Å². The molecule has 4 nitrogen and oxygen atoms in total. The molecule has 1 heterocycles. The molecule has 1 aliphatic heterocycles. The summed E-state index contributed by atoms with van der Waals surface area (Å²) in [6.07, 6.45) is 6.21. The minimum atomic E-state index is 0.0565. The first kappa shape index (κ1) is 16.0. The molecule has 1 amide bonds. The highest BCUT2D eigenvalue weighted by atomic mass is 16.5. The van der Waals surface area contributed by atoms with Gasteiger partial charge in [0.05, 0.1) is 7.11 Å². The molecule has 0 aromatic heterocycles. The molecule has 0 N–H and O–H groups in total. The summed E-state index contributed by atoms with van der Waals surface area (Å²) in [6.45, 7) is 1.82. The van der Waals surface area contributed by atoms with Gasteiger partial charge in [-0.25, -0.2) is 0 Å². The van der Waals surface area contributed by atoms with Crippen molar-refractivity contribution in [2.75, 3.05) is 20.2 Å². The lowest BCUT2D eigenvalue weighted by Gasteiger charge is -2.25. The van der Waals surface area contributed by atoms with Crippen LogP contribution in [0.15, 0.2) is 18.2 Å². The van der Waals surface area contributed by atoms with Crippen LogP contribution in [0.25, 0.3) is 0 Å². The first-order chi connectivity index (χ1) is 11.2. The number of benzene rings is 1. The number of fused-ring (bicyclic) bond motifs is 1. The molecule has 1 aromatic rings. The smallest absolute Gasteiger partial charge is 0.222 e. The second-order valence-electron chi connectivity index (χ2n) is 6.57. The third-order valence-corrected chi connectivity index (χ3v) is 5.13. The Labute approximate surface area is 137 Å². The van der Waals surface area contributed by atoms with E-state index in [4.69, 9.17) is 4.74 Å². The average Bonchev–Trinajstić information content (AvgIpc) is 3.11. The van der Waals surface area contributed by atoms with E-state index in [0.717, 1.165) is 68.5 Å². The van der Waals surface area contributed by atoms with Crippen molar-refractivity contribution >= 4 is 11.7 Å². The number of Topliss-reactive ketones (excluding diaryl/α,β-unsaturated/α-hetero) is 1. The van der Waals surface area contributed by atoms with Gasteiger partial charge in [-0.05, 0) is 44.6 Å². The number of carbonyl (C=O) groups is 2. The summed E-state index contributed by atoms with van der Waals surface area (Å²) in [5.74, 6) is 1.35.